The monoisotopic (exact) mass is 340 g/mol. The molecule has 1 atom stereocenters. The first-order valence-corrected chi connectivity index (χ1v) is 8.62. The Morgan fingerprint density at radius 2 is 1.72 bits per heavy atom. The van der Waals surface area contributed by atoms with Gasteiger partial charge in [0.1, 0.15) is 5.75 Å². The van der Waals surface area contributed by atoms with E-state index in [1.54, 1.807) is 7.11 Å². The van der Waals surface area contributed by atoms with Crippen LogP contribution in [0.4, 0.5) is 0 Å². The predicted octanol–water partition coefficient (Wildman–Crippen LogP) is 3.36. The number of hydrogen-bond acceptors (Lipinski definition) is 3. The molecular formula is C21H28N2O2. The lowest BCUT2D eigenvalue weighted by molar-refractivity contribution is -0.121. The Kier molecular flexibility index (Phi) is 7.02. The molecule has 0 saturated heterocycles. The SMILES string of the molecule is COc1ccc(CCC(=O)NCC(c2ccc(C)cc2)N(C)C)cc1. The number of likely N-dealkylation sites (N-methyl/N-ethyl adjacent to an activating group) is 1. The molecule has 0 aliphatic heterocycles. The van der Waals surface area contributed by atoms with Gasteiger partial charge in [-0.3, -0.25) is 4.79 Å². The molecule has 1 N–H and O–H groups in total. The number of amides is 1. The van der Waals surface area contributed by atoms with Gasteiger partial charge in [0.05, 0.1) is 13.2 Å². The molecule has 0 radical (unpaired) electrons. The third-order valence-corrected chi connectivity index (χ3v) is 4.38. The predicted molar refractivity (Wildman–Crippen MR) is 102 cm³/mol. The van der Waals surface area contributed by atoms with Crippen LogP contribution in [0.2, 0.25) is 0 Å². The zero-order chi connectivity index (χ0) is 18.2. The van der Waals surface area contributed by atoms with Crippen molar-refractivity contribution in [2.45, 2.75) is 25.8 Å². The van der Waals surface area contributed by atoms with Gasteiger partial charge < -0.3 is 15.0 Å². The molecule has 2 rings (SSSR count). The second-order valence-corrected chi connectivity index (χ2v) is 6.54. The largest absolute Gasteiger partial charge is 0.497 e. The molecule has 134 valence electrons. The van der Waals surface area contributed by atoms with Crippen molar-refractivity contribution >= 4 is 5.91 Å². The summed E-state index contributed by atoms with van der Waals surface area (Å²) in [5.41, 5.74) is 3.59. The highest BCUT2D eigenvalue weighted by atomic mass is 16.5. The number of nitrogens with one attached hydrogen (secondary N) is 1. The molecule has 0 aliphatic carbocycles. The lowest BCUT2D eigenvalue weighted by Gasteiger charge is -2.25. The van der Waals surface area contributed by atoms with E-state index in [1.807, 2.05) is 38.4 Å². The van der Waals surface area contributed by atoms with Crippen LogP contribution in [0.15, 0.2) is 48.5 Å². The van der Waals surface area contributed by atoms with Crippen LogP contribution >= 0.6 is 0 Å². The van der Waals surface area contributed by atoms with E-state index in [0.29, 0.717) is 13.0 Å². The first kappa shape index (κ1) is 19.0. The maximum atomic E-state index is 12.2. The summed E-state index contributed by atoms with van der Waals surface area (Å²) in [5, 5.41) is 3.06. The number of hydrogen-bond donors (Lipinski definition) is 1. The van der Waals surface area contributed by atoms with Gasteiger partial charge in [0, 0.05) is 13.0 Å². The number of carbonyl (C=O) groups excluding carboxylic acids is 1. The van der Waals surface area contributed by atoms with Crippen LogP contribution in [0.5, 0.6) is 5.75 Å². The number of benzene rings is 2. The summed E-state index contributed by atoms with van der Waals surface area (Å²) >= 11 is 0. The first-order chi connectivity index (χ1) is 12.0. The summed E-state index contributed by atoms with van der Waals surface area (Å²) in [6.45, 7) is 2.69. The van der Waals surface area contributed by atoms with Gasteiger partial charge in [0.15, 0.2) is 0 Å². The summed E-state index contributed by atoms with van der Waals surface area (Å²) in [6, 6.07) is 16.5. The van der Waals surface area contributed by atoms with Gasteiger partial charge in [-0.2, -0.15) is 0 Å². The number of aryl methyl sites for hydroxylation is 2. The maximum Gasteiger partial charge on any atom is 0.220 e. The fraction of sp³-hybridized carbons (Fsp3) is 0.381. The second-order valence-electron chi connectivity index (χ2n) is 6.54. The smallest absolute Gasteiger partial charge is 0.220 e. The molecule has 0 saturated carbocycles. The Hall–Kier alpha value is -2.33. The quantitative estimate of drug-likeness (QED) is 0.801. The first-order valence-electron chi connectivity index (χ1n) is 8.62. The van der Waals surface area contributed by atoms with Crippen molar-refractivity contribution in [3.8, 4) is 5.75 Å². The van der Waals surface area contributed by atoms with Gasteiger partial charge >= 0.3 is 0 Å². The van der Waals surface area contributed by atoms with Gasteiger partial charge in [0.25, 0.3) is 0 Å². The van der Waals surface area contributed by atoms with E-state index < -0.39 is 0 Å². The van der Waals surface area contributed by atoms with E-state index >= 15 is 0 Å². The Morgan fingerprint density at radius 1 is 1.08 bits per heavy atom. The standard InChI is InChI=1S/C21H28N2O2/c1-16-5-10-18(11-6-16)20(23(2)3)15-22-21(24)14-9-17-7-12-19(25-4)13-8-17/h5-8,10-13,20H,9,14-15H2,1-4H3,(H,22,24). The fourth-order valence-electron chi connectivity index (χ4n) is 2.74. The average Bonchev–Trinajstić information content (AvgIpc) is 2.61. The van der Waals surface area contributed by atoms with Crippen molar-refractivity contribution in [2.75, 3.05) is 27.7 Å². The highest BCUT2D eigenvalue weighted by molar-refractivity contribution is 5.76. The second kappa shape index (κ2) is 9.23. The Balaban J connectivity index is 1.85. The van der Waals surface area contributed by atoms with Gasteiger partial charge in [-0.25, -0.2) is 0 Å². The Morgan fingerprint density at radius 3 is 2.28 bits per heavy atom. The van der Waals surface area contributed by atoms with Crippen LogP contribution in [0, 0.1) is 6.92 Å². The molecule has 0 fully saturated rings. The van der Waals surface area contributed by atoms with Crippen LogP contribution in [0.3, 0.4) is 0 Å². The van der Waals surface area contributed by atoms with Crippen molar-refractivity contribution in [2.24, 2.45) is 0 Å². The lowest BCUT2D eigenvalue weighted by atomic mass is 10.0. The van der Waals surface area contributed by atoms with Crippen molar-refractivity contribution < 1.29 is 9.53 Å². The molecule has 0 heterocycles. The summed E-state index contributed by atoms with van der Waals surface area (Å²) in [4.78, 5) is 14.3. The van der Waals surface area contributed by atoms with Gasteiger partial charge in [-0.1, -0.05) is 42.0 Å². The molecule has 0 bridgehead atoms. The minimum Gasteiger partial charge on any atom is -0.497 e. The molecule has 4 nitrogen and oxygen atoms in total. The summed E-state index contributed by atoms with van der Waals surface area (Å²) in [5.74, 6) is 0.912. The van der Waals surface area contributed by atoms with E-state index in [-0.39, 0.29) is 11.9 Å². The van der Waals surface area contributed by atoms with Crippen LogP contribution in [0.25, 0.3) is 0 Å². The molecular weight excluding hydrogens is 312 g/mol. The zero-order valence-electron chi connectivity index (χ0n) is 15.6. The zero-order valence-corrected chi connectivity index (χ0v) is 15.6. The molecule has 4 heteroatoms. The van der Waals surface area contributed by atoms with Crippen LogP contribution < -0.4 is 10.1 Å². The minimum atomic E-state index is 0.0785. The van der Waals surface area contributed by atoms with E-state index in [4.69, 9.17) is 4.74 Å². The van der Waals surface area contributed by atoms with E-state index in [9.17, 15) is 4.79 Å². The van der Waals surface area contributed by atoms with Crippen molar-refractivity contribution in [3.63, 3.8) is 0 Å². The van der Waals surface area contributed by atoms with E-state index in [1.165, 1.54) is 11.1 Å². The van der Waals surface area contributed by atoms with Gasteiger partial charge in [-0.15, -0.1) is 0 Å². The highest BCUT2D eigenvalue weighted by Crippen LogP contribution is 2.18. The number of nitrogens with zero attached hydrogens (tertiary/aromatic N) is 1. The van der Waals surface area contributed by atoms with Crippen LogP contribution in [-0.2, 0) is 11.2 Å². The van der Waals surface area contributed by atoms with Crippen molar-refractivity contribution in [1.82, 2.24) is 10.2 Å². The molecule has 0 spiro atoms. The summed E-state index contributed by atoms with van der Waals surface area (Å²) < 4.78 is 5.15. The summed E-state index contributed by atoms with van der Waals surface area (Å²) in [6.07, 6.45) is 1.22. The van der Waals surface area contributed by atoms with Crippen LogP contribution in [0.1, 0.15) is 29.2 Å². The van der Waals surface area contributed by atoms with Crippen molar-refractivity contribution in [1.29, 1.82) is 0 Å². The molecule has 1 amide bonds. The normalized spacial score (nSPS) is 12.0. The molecule has 0 aromatic heterocycles. The lowest BCUT2D eigenvalue weighted by Crippen LogP contribution is -2.34. The fourth-order valence-corrected chi connectivity index (χ4v) is 2.74. The van der Waals surface area contributed by atoms with E-state index in [2.05, 4.69) is 41.4 Å². The molecule has 2 aromatic carbocycles. The van der Waals surface area contributed by atoms with Gasteiger partial charge in [0.2, 0.25) is 5.91 Å². The number of rotatable bonds is 8. The van der Waals surface area contributed by atoms with E-state index in [0.717, 1.165) is 17.7 Å². The number of methoxy groups -OCH3 is 1. The Bertz CT molecular complexity index is 663. The Labute approximate surface area is 150 Å². The third-order valence-electron chi connectivity index (χ3n) is 4.38. The van der Waals surface area contributed by atoms with Crippen molar-refractivity contribution in [3.05, 3.63) is 65.2 Å². The maximum absolute atomic E-state index is 12.2. The number of ether oxygens (including phenoxy) is 1. The van der Waals surface area contributed by atoms with Crippen LogP contribution in [-0.4, -0.2) is 38.6 Å². The average molecular weight is 340 g/mol. The molecule has 1 unspecified atom stereocenters. The topological polar surface area (TPSA) is 41.6 Å². The third kappa shape index (κ3) is 5.91. The highest BCUT2D eigenvalue weighted by Gasteiger charge is 2.15. The summed E-state index contributed by atoms with van der Waals surface area (Å²) in [7, 11) is 5.72. The van der Waals surface area contributed by atoms with Gasteiger partial charge in [-0.05, 0) is 50.7 Å². The number of carbonyl (C=O) groups is 1. The molecule has 0 aliphatic rings. The molecule has 25 heavy (non-hydrogen) atoms. The molecule has 2 aromatic rings. The minimum absolute atomic E-state index is 0.0785.